The van der Waals surface area contributed by atoms with Crippen molar-refractivity contribution in [3.63, 3.8) is 0 Å². The molecule has 1 atom stereocenters. The van der Waals surface area contributed by atoms with Gasteiger partial charge in [-0.15, -0.1) is 0 Å². The zero-order valence-corrected chi connectivity index (χ0v) is 8.65. The van der Waals surface area contributed by atoms with Crippen molar-refractivity contribution in [3.05, 3.63) is 35.9 Å². The van der Waals surface area contributed by atoms with Gasteiger partial charge in [-0.25, -0.2) is 13.5 Å². The average molecular weight is 213 g/mol. The van der Waals surface area contributed by atoms with Crippen LogP contribution in [0, 0.1) is 0 Å². The number of benzene rings is 1. The second-order valence-corrected chi connectivity index (χ2v) is 4.26. The summed E-state index contributed by atoms with van der Waals surface area (Å²) in [6.45, 7) is 0. The predicted molar refractivity (Wildman–Crippen MR) is 54.2 cm³/mol. The van der Waals surface area contributed by atoms with E-state index in [-0.39, 0.29) is 6.42 Å². The molecule has 14 heavy (non-hydrogen) atoms. The molecule has 1 aromatic rings. The van der Waals surface area contributed by atoms with E-state index in [1.165, 1.54) is 0 Å². The molecule has 0 aliphatic heterocycles. The summed E-state index contributed by atoms with van der Waals surface area (Å²) in [6.07, 6.45) is 1.60. The third kappa shape index (κ3) is 3.89. The molecule has 1 rings (SSSR count). The van der Waals surface area contributed by atoms with Gasteiger partial charge in [0.25, 0.3) is 0 Å². The molecule has 77 valence electrons. The van der Waals surface area contributed by atoms with Gasteiger partial charge in [0.05, 0.1) is 0 Å². The summed E-state index contributed by atoms with van der Waals surface area (Å²) in [7, 11) is -2.80. The zero-order chi connectivity index (χ0) is 10.4. The fourth-order valence-electron chi connectivity index (χ4n) is 1.23. The Hall–Kier alpha value is -0.870. The minimum absolute atomic E-state index is 0.202. The number of hydrogen-bond donors (Lipinski definition) is 1. The van der Waals surface area contributed by atoms with E-state index in [2.05, 4.69) is 0 Å². The van der Waals surface area contributed by atoms with Crippen LogP contribution in [0.5, 0.6) is 0 Å². The van der Waals surface area contributed by atoms with Gasteiger partial charge >= 0.3 is 0 Å². The summed E-state index contributed by atoms with van der Waals surface area (Å²) < 4.78 is 20.5. The standard InChI is InChI=1S/C10H13O3S/c11-10(14(12)13)8-4-7-9-5-2-1-3-6-9/h1-3,5-6,10,14H,4,7-8H2. The normalized spacial score (nSPS) is 13.0. The first-order chi connectivity index (χ1) is 6.70. The molecule has 0 bridgehead atoms. The second-order valence-electron chi connectivity index (χ2n) is 3.12. The van der Waals surface area contributed by atoms with Crippen molar-refractivity contribution in [1.29, 1.82) is 0 Å². The van der Waals surface area contributed by atoms with Crippen molar-refractivity contribution in [2.75, 3.05) is 0 Å². The smallest absolute Gasteiger partial charge is 0.191 e. The molecule has 0 spiro atoms. The Bertz CT molecular complexity index is 324. The van der Waals surface area contributed by atoms with E-state index in [1.54, 1.807) is 0 Å². The summed E-state index contributed by atoms with van der Waals surface area (Å²) in [4.78, 5) is 0. The van der Waals surface area contributed by atoms with E-state index in [1.807, 2.05) is 30.3 Å². The van der Waals surface area contributed by atoms with Gasteiger partial charge in [0.1, 0.15) is 0 Å². The van der Waals surface area contributed by atoms with Crippen molar-refractivity contribution in [1.82, 2.24) is 0 Å². The summed E-state index contributed by atoms with van der Waals surface area (Å²) in [5, 5.41) is 10.8. The number of aryl methyl sites for hydroxylation is 1. The molecule has 3 nitrogen and oxygen atoms in total. The highest BCUT2D eigenvalue weighted by Crippen LogP contribution is 2.06. The fraction of sp³-hybridized carbons (Fsp3) is 0.400. The average Bonchev–Trinajstić information content (AvgIpc) is 2.19. The lowest BCUT2D eigenvalue weighted by Gasteiger charge is -2.01. The van der Waals surface area contributed by atoms with Crippen molar-refractivity contribution in [2.24, 2.45) is 0 Å². The van der Waals surface area contributed by atoms with Gasteiger partial charge in [-0.1, -0.05) is 30.3 Å². The van der Waals surface area contributed by atoms with E-state index >= 15 is 0 Å². The highest BCUT2D eigenvalue weighted by molar-refractivity contribution is 7.72. The molecule has 0 fully saturated rings. The first-order valence-corrected chi connectivity index (χ1v) is 5.78. The first-order valence-electron chi connectivity index (χ1n) is 4.53. The molecule has 0 saturated heterocycles. The molecular weight excluding hydrogens is 200 g/mol. The van der Waals surface area contributed by atoms with Gasteiger partial charge in [-0.05, 0) is 24.8 Å². The van der Waals surface area contributed by atoms with Crippen molar-refractivity contribution in [2.45, 2.75) is 24.7 Å². The van der Waals surface area contributed by atoms with Crippen LogP contribution in [0.3, 0.4) is 0 Å². The van der Waals surface area contributed by atoms with Gasteiger partial charge in [-0.2, -0.15) is 0 Å². The second kappa shape index (κ2) is 5.78. The van der Waals surface area contributed by atoms with Gasteiger partial charge in [-0.3, -0.25) is 0 Å². The third-order valence-corrected chi connectivity index (χ3v) is 2.72. The highest BCUT2D eigenvalue weighted by Gasteiger charge is 2.07. The molecule has 0 heterocycles. The van der Waals surface area contributed by atoms with Gasteiger partial charge < -0.3 is 0 Å². The lowest BCUT2D eigenvalue weighted by atomic mass is 10.1. The van der Waals surface area contributed by atoms with Crippen molar-refractivity contribution >= 4 is 10.7 Å². The third-order valence-electron chi connectivity index (χ3n) is 1.99. The minimum Gasteiger partial charge on any atom is -0.229 e. The number of hydrogen-bond acceptors (Lipinski definition) is 2. The fourth-order valence-corrected chi connectivity index (χ4v) is 1.62. The van der Waals surface area contributed by atoms with Crippen LogP contribution in [0.4, 0.5) is 0 Å². The maximum absolute atomic E-state index is 10.8. The van der Waals surface area contributed by atoms with Gasteiger partial charge in [0, 0.05) is 0 Å². The van der Waals surface area contributed by atoms with Crippen LogP contribution < -0.4 is 0 Å². The van der Waals surface area contributed by atoms with Crippen LogP contribution in [-0.2, 0) is 22.2 Å². The SMILES string of the molecule is [O]C(CCCc1ccccc1)[SH](=O)=O. The van der Waals surface area contributed by atoms with Crippen molar-refractivity contribution < 1.29 is 13.5 Å². The van der Waals surface area contributed by atoms with Crippen LogP contribution in [0.2, 0.25) is 0 Å². The molecular formula is C10H13O3S. The Balaban J connectivity index is 2.29. The molecule has 1 aromatic carbocycles. The summed E-state index contributed by atoms with van der Waals surface area (Å²) in [6, 6.07) is 9.72. The molecule has 1 unspecified atom stereocenters. The molecule has 4 heteroatoms. The van der Waals surface area contributed by atoms with Crippen LogP contribution in [0.1, 0.15) is 18.4 Å². The summed E-state index contributed by atoms with van der Waals surface area (Å²) >= 11 is 0. The Morgan fingerprint density at radius 2 is 1.79 bits per heavy atom. The molecule has 0 amide bonds. The molecule has 0 aromatic heterocycles. The van der Waals surface area contributed by atoms with E-state index in [9.17, 15) is 13.5 Å². The Labute approximate surface area is 85.3 Å². The highest BCUT2D eigenvalue weighted by atomic mass is 32.2. The van der Waals surface area contributed by atoms with E-state index < -0.39 is 16.1 Å². The molecule has 0 aliphatic rings. The van der Waals surface area contributed by atoms with Crippen LogP contribution in [0.25, 0.3) is 0 Å². The predicted octanol–water partition coefficient (Wildman–Crippen LogP) is 1.38. The maximum Gasteiger partial charge on any atom is 0.191 e. The minimum atomic E-state index is -2.80. The van der Waals surface area contributed by atoms with Crippen LogP contribution in [0.15, 0.2) is 30.3 Å². The molecule has 0 aliphatic carbocycles. The lowest BCUT2D eigenvalue weighted by Crippen LogP contribution is -2.06. The monoisotopic (exact) mass is 213 g/mol. The van der Waals surface area contributed by atoms with Crippen LogP contribution in [-0.4, -0.2) is 13.9 Å². The first kappa shape index (κ1) is 11.2. The Kier molecular flexibility index (Phi) is 4.62. The molecule has 0 N–H and O–H groups in total. The zero-order valence-electron chi connectivity index (χ0n) is 7.76. The van der Waals surface area contributed by atoms with Crippen molar-refractivity contribution in [3.8, 4) is 0 Å². The Morgan fingerprint density at radius 1 is 1.14 bits per heavy atom. The largest absolute Gasteiger partial charge is 0.229 e. The van der Waals surface area contributed by atoms with E-state index in [0.29, 0.717) is 6.42 Å². The topological polar surface area (TPSA) is 54.0 Å². The van der Waals surface area contributed by atoms with E-state index in [0.717, 1.165) is 12.0 Å². The summed E-state index contributed by atoms with van der Waals surface area (Å²) in [5.74, 6) is 0. The summed E-state index contributed by atoms with van der Waals surface area (Å²) in [5.41, 5.74) is -0.297. The molecule has 0 saturated carbocycles. The number of thiol groups is 1. The maximum atomic E-state index is 10.8. The van der Waals surface area contributed by atoms with Crippen LogP contribution >= 0.6 is 0 Å². The van der Waals surface area contributed by atoms with Gasteiger partial charge in [0.2, 0.25) is 0 Å². The molecule has 1 radical (unpaired) electrons. The Morgan fingerprint density at radius 3 is 2.36 bits per heavy atom. The van der Waals surface area contributed by atoms with E-state index in [4.69, 9.17) is 0 Å². The quantitative estimate of drug-likeness (QED) is 0.751. The number of rotatable bonds is 5. The van der Waals surface area contributed by atoms with Gasteiger partial charge in [0.15, 0.2) is 16.1 Å². The lowest BCUT2D eigenvalue weighted by molar-refractivity contribution is 0.148.